The largest absolute Gasteiger partial charge is 1.00 e. The second-order valence-corrected chi connectivity index (χ2v) is 2.88. The van der Waals surface area contributed by atoms with Gasteiger partial charge in [-0.3, -0.25) is 0 Å². The minimum absolute atomic E-state index is 0. The van der Waals surface area contributed by atoms with Crippen molar-refractivity contribution in [1.29, 1.82) is 0 Å². The number of hydrogen-bond donors (Lipinski definition) is 0. The molecule has 0 aromatic carbocycles. The first-order valence-corrected chi connectivity index (χ1v) is 3.94. The molecule has 0 saturated carbocycles. The average Bonchev–Trinajstić information content (AvgIpc) is 2.59. The Hall–Kier alpha value is 0.440. The molecule has 2 heteroatoms. The van der Waals surface area contributed by atoms with Crippen LogP contribution in [0.15, 0.2) is 23.8 Å². The van der Waals surface area contributed by atoms with Gasteiger partial charge in [-0.05, 0) is 24.8 Å². The van der Waals surface area contributed by atoms with E-state index in [-0.39, 0.29) is 31.0 Å². The molecule has 0 aromatic rings. The summed E-state index contributed by atoms with van der Waals surface area (Å²) in [5.41, 5.74) is 1.47. The van der Waals surface area contributed by atoms with Gasteiger partial charge in [-0.2, -0.15) is 0 Å². The SMILES string of the molecule is C1=CCC(C2CCCO2)=C1.[H-].[Na+]. The van der Waals surface area contributed by atoms with Crippen molar-refractivity contribution < 1.29 is 35.7 Å². The zero-order valence-electron chi connectivity index (χ0n) is 8.05. The van der Waals surface area contributed by atoms with E-state index in [4.69, 9.17) is 4.74 Å². The summed E-state index contributed by atoms with van der Waals surface area (Å²) < 4.78 is 5.53. The first-order valence-electron chi connectivity index (χ1n) is 3.94. The van der Waals surface area contributed by atoms with Gasteiger partial charge in [-0.15, -0.1) is 0 Å². The molecule has 2 aliphatic rings. The quantitative estimate of drug-likeness (QED) is 0.455. The Bertz CT molecular complexity index is 183. The maximum absolute atomic E-state index is 5.53. The fourth-order valence-electron chi connectivity index (χ4n) is 1.57. The molecule has 11 heavy (non-hydrogen) atoms. The Kier molecular flexibility index (Phi) is 3.86. The van der Waals surface area contributed by atoms with Crippen LogP contribution in [-0.2, 0) is 4.74 Å². The van der Waals surface area contributed by atoms with Crippen molar-refractivity contribution >= 4 is 0 Å². The van der Waals surface area contributed by atoms with E-state index >= 15 is 0 Å². The minimum atomic E-state index is 0. The van der Waals surface area contributed by atoms with E-state index in [1.54, 1.807) is 0 Å². The van der Waals surface area contributed by atoms with Gasteiger partial charge in [0.25, 0.3) is 0 Å². The molecule has 0 N–H and O–H groups in total. The molecule has 1 unspecified atom stereocenters. The molecule has 1 saturated heterocycles. The van der Waals surface area contributed by atoms with Gasteiger partial charge in [0.1, 0.15) is 0 Å². The van der Waals surface area contributed by atoms with E-state index in [1.165, 1.54) is 18.4 Å². The van der Waals surface area contributed by atoms with Crippen molar-refractivity contribution in [1.82, 2.24) is 0 Å². The van der Waals surface area contributed by atoms with Crippen LogP contribution in [0.4, 0.5) is 0 Å². The molecule has 1 heterocycles. The molecular formula is C9H13NaO. The van der Waals surface area contributed by atoms with E-state index < -0.39 is 0 Å². The molecule has 1 fully saturated rings. The first-order chi connectivity index (χ1) is 4.97. The average molecular weight is 160 g/mol. The van der Waals surface area contributed by atoms with Gasteiger partial charge in [0.2, 0.25) is 0 Å². The molecular weight excluding hydrogens is 147 g/mol. The number of allylic oxidation sites excluding steroid dienone is 3. The summed E-state index contributed by atoms with van der Waals surface area (Å²) in [5, 5.41) is 0. The Morgan fingerprint density at radius 2 is 2.45 bits per heavy atom. The zero-order chi connectivity index (χ0) is 6.81. The third-order valence-corrected chi connectivity index (χ3v) is 2.14. The van der Waals surface area contributed by atoms with Gasteiger partial charge in [0.15, 0.2) is 0 Å². The third kappa shape index (κ3) is 2.19. The summed E-state index contributed by atoms with van der Waals surface area (Å²) in [7, 11) is 0. The van der Waals surface area contributed by atoms with E-state index in [1.807, 2.05) is 0 Å². The molecule has 1 atom stereocenters. The molecule has 56 valence electrons. The van der Waals surface area contributed by atoms with Crippen molar-refractivity contribution in [2.75, 3.05) is 6.61 Å². The fourth-order valence-corrected chi connectivity index (χ4v) is 1.57. The van der Waals surface area contributed by atoms with E-state index in [0.717, 1.165) is 13.0 Å². The van der Waals surface area contributed by atoms with E-state index in [2.05, 4.69) is 18.2 Å². The van der Waals surface area contributed by atoms with Crippen LogP contribution in [0.1, 0.15) is 20.7 Å². The number of ether oxygens (including phenoxy) is 1. The fraction of sp³-hybridized carbons (Fsp3) is 0.556. The van der Waals surface area contributed by atoms with Crippen LogP contribution in [-0.4, -0.2) is 12.7 Å². The molecule has 0 amide bonds. The number of rotatable bonds is 1. The van der Waals surface area contributed by atoms with Gasteiger partial charge >= 0.3 is 29.6 Å². The van der Waals surface area contributed by atoms with Gasteiger partial charge in [-0.25, -0.2) is 0 Å². The standard InChI is InChI=1S/C9H12O.Na.H/c1-2-5-8(4-1)9-6-3-7-10-9;;/h1-2,4,9H,3,5-7H2;;/q;+1;-1. The van der Waals surface area contributed by atoms with Gasteiger partial charge in [0.05, 0.1) is 6.10 Å². The van der Waals surface area contributed by atoms with E-state index in [9.17, 15) is 0 Å². The molecule has 1 nitrogen and oxygen atoms in total. The van der Waals surface area contributed by atoms with Gasteiger partial charge in [0, 0.05) is 6.61 Å². The second-order valence-electron chi connectivity index (χ2n) is 2.88. The summed E-state index contributed by atoms with van der Waals surface area (Å²) >= 11 is 0. The van der Waals surface area contributed by atoms with Gasteiger partial charge < -0.3 is 6.16 Å². The van der Waals surface area contributed by atoms with Crippen LogP contribution in [0.3, 0.4) is 0 Å². The van der Waals surface area contributed by atoms with Crippen molar-refractivity contribution in [3.8, 4) is 0 Å². The molecule has 0 bridgehead atoms. The van der Waals surface area contributed by atoms with Crippen LogP contribution in [0.5, 0.6) is 0 Å². The van der Waals surface area contributed by atoms with Crippen molar-refractivity contribution in [3.05, 3.63) is 23.8 Å². The monoisotopic (exact) mass is 160 g/mol. The smallest absolute Gasteiger partial charge is 1.00 e. The Morgan fingerprint density at radius 3 is 3.00 bits per heavy atom. The van der Waals surface area contributed by atoms with Crippen LogP contribution in [0.25, 0.3) is 0 Å². The normalized spacial score (nSPS) is 28.4. The van der Waals surface area contributed by atoms with E-state index in [0.29, 0.717) is 6.10 Å². The maximum Gasteiger partial charge on any atom is 1.00 e. The topological polar surface area (TPSA) is 9.23 Å². The Morgan fingerprint density at radius 1 is 1.55 bits per heavy atom. The van der Waals surface area contributed by atoms with Crippen LogP contribution < -0.4 is 29.6 Å². The van der Waals surface area contributed by atoms with Gasteiger partial charge in [-0.1, -0.05) is 18.2 Å². The zero-order valence-corrected chi connectivity index (χ0v) is 9.05. The predicted molar refractivity (Wildman–Crippen MR) is 41.9 cm³/mol. The minimum Gasteiger partial charge on any atom is -1.00 e. The Labute approximate surface area is 91.3 Å². The van der Waals surface area contributed by atoms with Crippen LogP contribution in [0, 0.1) is 0 Å². The number of hydrogen-bond acceptors (Lipinski definition) is 1. The molecule has 0 aromatic heterocycles. The van der Waals surface area contributed by atoms with Crippen molar-refractivity contribution in [3.63, 3.8) is 0 Å². The molecule has 0 radical (unpaired) electrons. The Balaban J connectivity index is 0.000000605. The molecule has 2 rings (SSSR count). The third-order valence-electron chi connectivity index (χ3n) is 2.14. The van der Waals surface area contributed by atoms with Crippen LogP contribution >= 0.6 is 0 Å². The summed E-state index contributed by atoms with van der Waals surface area (Å²) in [4.78, 5) is 0. The van der Waals surface area contributed by atoms with Crippen LogP contribution in [0.2, 0.25) is 0 Å². The summed E-state index contributed by atoms with van der Waals surface area (Å²) in [6, 6.07) is 0. The summed E-state index contributed by atoms with van der Waals surface area (Å²) in [6.07, 6.45) is 10.5. The summed E-state index contributed by atoms with van der Waals surface area (Å²) in [6.45, 7) is 0.960. The maximum atomic E-state index is 5.53. The molecule has 1 aliphatic carbocycles. The van der Waals surface area contributed by atoms with Crippen molar-refractivity contribution in [2.24, 2.45) is 0 Å². The molecule has 0 spiro atoms. The first kappa shape index (κ1) is 9.53. The van der Waals surface area contributed by atoms with Crippen molar-refractivity contribution in [2.45, 2.75) is 25.4 Å². The summed E-state index contributed by atoms with van der Waals surface area (Å²) in [5.74, 6) is 0. The predicted octanol–water partition coefficient (Wildman–Crippen LogP) is -0.832. The second kappa shape index (κ2) is 4.46. The molecule has 1 aliphatic heterocycles.